The normalized spacial score (nSPS) is 29.5. The van der Waals surface area contributed by atoms with Crippen LogP contribution in [0.2, 0.25) is 0 Å². The van der Waals surface area contributed by atoms with Crippen molar-refractivity contribution >= 4 is 5.78 Å². The van der Waals surface area contributed by atoms with Gasteiger partial charge in [0.25, 0.3) is 0 Å². The number of fused-ring (bicyclic) bond motifs is 6. The summed E-state index contributed by atoms with van der Waals surface area (Å²) >= 11 is 0. The Bertz CT molecular complexity index is 394. The first-order valence-corrected chi connectivity index (χ1v) is 5.98. The van der Waals surface area contributed by atoms with E-state index in [0.29, 0.717) is 11.7 Å². The summed E-state index contributed by atoms with van der Waals surface area (Å²) in [6, 6.07) is 8.57. The highest BCUT2D eigenvalue weighted by Crippen LogP contribution is 2.43. The smallest absolute Gasteiger partial charge is 0.140 e. The fourth-order valence-corrected chi connectivity index (χ4v) is 3.18. The molecule has 15 heavy (non-hydrogen) atoms. The largest absolute Gasteiger partial charge is 0.299 e. The summed E-state index contributed by atoms with van der Waals surface area (Å²) in [7, 11) is 0. The summed E-state index contributed by atoms with van der Waals surface area (Å²) in [5.74, 6) is 1.22. The number of hydrogen-bond acceptors (Lipinski definition) is 1. The van der Waals surface area contributed by atoms with E-state index in [4.69, 9.17) is 0 Å². The number of hydrogen-bond donors (Lipinski definition) is 0. The van der Waals surface area contributed by atoms with Crippen molar-refractivity contribution in [3.05, 3.63) is 35.4 Å². The lowest BCUT2D eigenvalue weighted by Crippen LogP contribution is -2.25. The van der Waals surface area contributed by atoms with Crippen LogP contribution in [0.25, 0.3) is 0 Å². The fraction of sp³-hybridized carbons (Fsp3) is 0.500. The van der Waals surface area contributed by atoms with Gasteiger partial charge >= 0.3 is 0 Å². The van der Waals surface area contributed by atoms with E-state index >= 15 is 0 Å². The zero-order valence-electron chi connectivity index (χ0n) is 8.91. The van der Waals surface area contributed by atoms with Crippen LogP contribution < -0.4 is 0 Å². The van der Waals surface area contributed by atoms with Crippen molar-refractivity contribution in [2.75, 3.05) is 0 Å². The second-order valence-corrected chi connectivity index (χ2v) is 4.83. The second kappa shape index (κ2) is 3.48. The first-order valence-electron chi connectivity index (χ1n) is 5.98. The van der Waals surface area contributed by atoms with E-state index in [1.54, 1.807) is 0 Å². The molecule has 0 N–H and O–H groups in total. The van der Waals surface area contributed by atoms with Gasteiger partial charge in [0.15, 0.2) is 0 Å². The Kier molecular flexibility index (Phi) is 2.12. The molecule has 0 saturated heterocycles. The lowest BCUT2D eigenvalue weighted by atomic mass is 9.70. The summed E-state index contributed by atoms with van der Waals surface area (Å²) < 4.78 is 0. The van der Waals surface area contributed by atoms with Gasteiger partial charge in [-0.05, 0) is 29.9 Å². The number of Topliss-reactive ketones (excluding diaryl/α,β-unsaturated/α-hetero) is 1. The molecule has 0 heterocycles. The average molecular weight is 200 g/mol. The highest BCUT2D eigenvalue weighted by molar-refractivity contribution is 5.88. The maximum absolute atomic E-state index is 12.0. The molecule has 2 unspecified atom stereocenters. The Labute approximate surface area is 90.5 Å². The fourth-order valence-electron chi connectivity index (χ4n) is 3.18. The van der Waals surface area contributed by atoms with Crippen molar-refractivity contribution in [1.82, 2.24) is 0 Å². The Balaban J connectivity index is 2.14. The van der Waals surface area contributed by atoms with Crippen molar-refractivity contribution < 1.29 is 4.79 Å². The van der Waals surface area contributed by atoms with Crippen molar-refractivity contribution in [3.63, 3.8) is 0 Å². The van der Waals surface area contributed by atoms with E-state index in [-0.39, 0.29) is 5.92 Å². The molecule has 2 aliphatic carbocycles. The maximum atomic E-state index is 12.0. The third-order valence-electron chi connectivity index (χ3n) is 3.94. The lowest BCUT2D eigenvalue weighted by molar-refractivity contribution is -0.122. The van der Waals surface area contributed by atoms with Crippen LogP contribution in [0.5, 0.6) is 0 Å². The van der Waals surface area contributed by atoms with E-state index in [1.807, 2.05) is 0 Å². The molecule has 0 spiro atoms. The molecular weight excluding hydrogens is 184 g/mol. The molecule has 78 valence electrons. The lowest BCUT2D eigenvalue weighted by Gasteiger charge is -2.33. The SMILES string of the molecule is O=C1CC2CCCCC1c1ccccc12. The van der Waals surface area contributed by atoms with E-state index in [2.05, 4.69) is 24.3 Å². The van der Waals surface area contributed by atoms with Crippen molar-refractivity contribution in [2.24, 2.45) is 0 Å². The Morgan fingerprint density at radius 3 is 2.60 bits per heavy atom. The number of ketones is 1. The van der Waals surface area contributed by atoms with Gasteiger partial charge < -0.3 is 0 Å². The van der Waals surface area contributed by atoms with Crippen LogP contribution >= 0.6 is 0 Å². The molecule has 2 atom stereocenters. The van der Waals surface area contributed by atoms with E-state index in [9.17, 15) is 4.79 Å². The van der Waals surface area contributed by atoms with E-state index in [1.165, 1.54) is 30.4 Å². The molecule has 1 aromatic rings. The Morgan fingerprint density at radius 1 is 1.00 bits per heavy atom. The molecular formula is C14H16O. The standard InChI is InChI=1S/C14H16O/c15-14-9-10-5-1-2-8-13(14)12-7-4-3-6-11(10)12/h3-4,6-7,10,13H,1-2,5,8-9H2. The van der Waals surface area contributed by atoms with Crippen LogP contribution in [0.4, 0.5) is 0 Å². The number of carbonyl (C=O) groups excluding carboxylic acids is 1. The van der Waals surface area contributed by atoms with Crippen LogP contribution in [-0.4, -0.2) is 5.78 Å². The summed E-state index contributed by atoms with van der Waals surface area (Å²) in [5, 5.41) is 0. The quantitative estimate of drug-likeness (QED) is 0.627. The number of rotatable bonds is 0. The second-order valence-electron chi connectivity index (χ2n) is 4.83. The molecule has 1 nitrogen and oxygen atoms in total. The van der Waals surface area contributed by atoms with E-state index < -0.39 is 0 Å². The van der Waals surface area contributed by atoms with Gasteiger partial charge in [-0.3, -0.25) is 4.79 Å². The number of carbonyl (C=O) groups is 1. The zero-order valence-corrected chi connectivity index (χ0v) is 8.91. The maximum Gasteiger partial charge on any atom is 0.140 e. The average Bonchev–Trinajstić information content (AvgIpc) is 2.22. The van der Waals surface area contributed by atoms with Crippen molar-refractivity contribution in [2.45, 2.75) is 43.9 Å². The van der Waals surface area contributed by atoms with Crippen LogP contribution in [0.3, 0.4) is 0 Å². The van der Waals surface area contributed by atoms with Crippen LogP contribution in [0.1, 0.15) is 55.1 Å². The third-order valence-corrected chi connectivity index (χ3v) is 3.94. The predicted octanol–water partition coefficient (Wildman–Crippen LogP) is 3.40. The summed E-state index contributed by atoms with van der Waals surface area (Å²) in [4.78, 5) is 12.0. The van der Waals surface area contributed by atoms with Crippen LogP contribution in [-0.2, 0) is 4.79 Å². The van der Waals surface area contributed by atoms with Gasteiger partial charge in [0, 0.05) is 12.3 Å². The monoisotopic (exact) mass is 200 g/mol. The molecule has 0 amide bonds. The molecule has 0 aromatic heterocycles. The summed E-state index contributed by atoms with van der Waals surface area (Å²) in [6.07, 6.45) is 5.59. The number of benzene rings is 1. The van der Waals surface area contributed by atoms with Gasteiger partial charge in [0.2, 0.25) is 0 Å². The first kappa shape index (κ1) is 9.14. The van der Waals surface area contributed by atoms with Crippen LogP contribution in [0.15, 0.2) is 24.3 Å². The molecule has 1 heteroatoms. The summed E-state index contributed by atoms with van der Waals surface area (Å²) in [6.45, 7) is 0. The molecule has 0 aliphatic heterocycles. The van der Waals surface area contributed by atoms with Gasteiger partial charge in [0.05, 0.1) is 0 Å². The third kappa shape index (κ3) is 1.41. The molecule has 0 radical (unpaired) electrons. The Hall–Kier alpha value is -1.11. The van der Waals surface area contributed by atoms with Crippen molar-refractivity contribution in [1.29, 1.82) is 0 Å². The minimum Gasteiger partial charge on any atom is -0.299 e. The van der Waals surface area contributed by atoms with Gasteiger partial charge in [-0.2, -0.15) is 0 Å². The van der Waals surface area contributed by atoms with Gasteiger partial charge in [-0.25, -0.2) is 0 Å². The molecule has 3 rings (SSSR count). The zero-order chi connectivity index (χ0) is 10.3. The summed E-state index contributed by atoms with van der Waals surface area (Å²) in [5.41, 5.74) is 2.79. The topological polar surface area (TPSA) is 17.1 Å². The van der Waals surface area contributed by atoms with E-state index in [0.717, 1.165) is 12.8 Å². The molecule has 2 aliphatic rings. The molecule has 2 bridgehead atoms. The van der Waals surface area contributed by atoms with Crippen molar-refractivity contribution in [3.8, 4) is 0 Å². The molecule has 1 saturated carbocycles. The highest BCUT2D eigenvalue weighted by Gasteiger charge is 2.34. The highest BCUT2D eigenvalue weighted by atomic mass is 16.1. The Morgan fingerprint density at radius 2 is 1.73 bits per heavy atom. The minimum atomic E-state index is 0.220. The van der Waals surface area contributed by atoms with Gasteiger partial charge in [0.1, 0.15) is 5.78 Å². The predicted molar refractivity (Wildman–Crippen MR) is 60.0 cm³/mol. The molecule has 1 fully saturated rings. The molecule has 1 aromatic carbocycles. The first-order chi connectivity index (χ1) is 7.36. The minimum absolute atomic E-state index is 0.220. The van der Waals surface area contributed by atoms with Crippen LogP contribution in [0, 0.1) is 0 Å². The van der Waals surface area contributed by atoms with Gasteiger partial charge in [-0.1, -0.05) is 37.1 Å². The van der Waals surface area contributed by atoms with Gasteiger partial charge in [-0.15, -0.1) is 0 Å².